The van der Waals surface area contributed by atoms with E-state index in [4.69, 9.17) is 0 Å². The molecule has 0 aromatic heterocycles. The van der Waals surface area contributed by atoms with E-state index in [0.29, 0.717) is 21.2 Å². The van der Waals surface area contributed by atoms with Crippen molar-refractivity contribution >= 4 is 0 Å². The molecule has 0 heterocycles. The molecule has 0 aromatic carbocycles. The fourth-order valence-corrected chi connectivity index (χ4v) is 4.29. The van der Waals surface area contributed by atoms with Crippen LogP contribution in [0.15, 0.2) is 12.7 Å². The summed E-state index contributed by atoms with van der Waals surface area (Å²) >= 11 is 0.468. The van der Waals surface area contributed by atoms with Crippen molar-refractivity contribution in [2.24, 2.45) is 5.92 Å². The molecule has 60 valence electrons. The third-order valence-corrected chi connectivity index (χ3v) is 5.46. The third kappa shape index (κ3) is 1.97. The second kappa shape index (κ2) is 4.37. The van der Waals surface area contributed by atoms with Crippen molar-refractivity contribution in [2.75, 3.05) is 4.93 Å². The van der Waals surface area contributed by atoms with Gasteiger partial charge in [-0.1, -0.05) is 0 Å². The topological polar surface area (TPSA) is 0 Å². The minimum atomic E-state index is 0.468. The summed E-state index contributed by atoms with van der Waals surface area (Å²) in [5, 5.41) is 0. The second-order valence-electron chi connectivity index (χ2n) is 2.92. The van der Waals surface area contributed by atoms with Crippen LogP contribution in [0.3, 0.4) is 0 Å². The summed E-state index contributed by atoms with van der Waals surface area (Å²) in [6, 6.07) is 0. The van der Waals surface area contributed by atoms with Gasteiger partial charge in [0, 0.05) is 0 Å². The molecule has 1 heteroatoms. The first-order valence-corrected chi connectivity index (χ1v) is 7.39. The Morgan fingerprint density at radius 2 is 2.10 bits per heavy atom. The molecule has 0 amide bonds. The van der Waals surface area contributed by atoms with Crippen molar-refractivity contribution in [3.63, 3.8) is 0 Å². The molecular formula is C9H16I-. The van der Waals surface area contributed by atoms with Gasteiger partial charge >= 0.3 is 74.3 Å². The van der Waals surface area contributed by atoms with Crippen molar-refractivity contribution < 1.29 is 21.2 Å². The Morgan fingerprint density at radius 1 is 1.40 bits per heavy atom. The average molecular weight is 251 g/mol. The molecule has 1 aliphatic carbocycles. The predicted octanol–water partition coefficient (Wildman–Crippen LogP) is -0.550. The normalized spacial score (nSPS) is 34.1. The molecule has 0 nitrogen and oxygen atoms in total. The molecule has 0 aromatic rings. The van der Waals surface area contributed by atoms with E-state index in [1.807, 2.05) is 0 Å². The quantitative estimate of drug-likeness (QED) is 0.351. The molecule has 2 unspecified atom stereocenters. The van der Waals surface area contributed by atoms with Gasteiger partial charge in [0.2, 0.25) is 0 Å². The van der Waals surface area contributed by atoms with Crippen LogP contribution >= 0.6 is 0 Å². The van der Waals surface area contributed by atoms with Gasteiger partial charge in [-0.15, -0.1) is 0 Å². The molecule has 1 rings (SSSR count). The number of alkyl halides is 2. The Kier molecular flexibility index (Phi) is 3.74. The van der Waals surface area contributed by atoms with Gasteiger partial charge in [-0.25, -0.2) is 0 Å². The van der Waals surface area contributed by atoms with E-state index in [-0.39, 0.29) is 0 Å². The molecule has 0 radical (unpaired) electrons. The molecule has 0 aliphatic heterocycles. The Labute approximate surface area is 74.3 Å². The van der Waals surface area contributed by atoms with Crippen LogP contribution in [0.1, 0.15) is 25.7 Å². The minimum absolute atomic E-state index is 0.468. The van der Waals surface area contributed by atoms with Crippen molar-refractivity contribution in [1.82, 2.24) is 0 Å². The molecule has 10 heavy (non-hydrogen) atoms. The van der Waals surface area contributed by atoms with Gasteiger partial charge in [0.15, 0.2) is 0 Å². The molecule has 0 N–H and O–H groups in total. The van der Waals surface area contributed by atoms with Crippen molar-refractivity contribution in [2.45, 2.75) is 29.6 Å². The number of hydrogen-bond acceptors (Lipinski definition) is 0. The van der Waals surface area contributed by atoms with Crippen LogP contribution in [0, 0.1) is 5.92 Å². The molecule has 2 atom stereocenters. The van der Waals surface area contributed by atoms with Crippen LogP contribution < -0.4 is 21.2 Å². The van der Waals surface area contributed by atoms with E-state index in [9.17, 15) is 0 Å². The molecule has 0 spiro atoms. The van der Waals surface area contributed by atoms with Gasteiger partial charge in [-0.3, -0.25) is 0 Å². The molecule has 0 bridgehead atoms. The Hall–Kier alpha value is 0.470. The van der Waals surface area contributed by atoms with Crippen LogP contribution in [0.5, 0.6) is 0 Å². The van der Waals surface area contributed by atoms with Gasteiger partial charge in [0.25, 0.3) is 0 Å². The summed E-state index contributed by atoms with van der Waals surface area (Å²) < 4.78 is 1.06. The van der Waals surface area contributed by atoms with E-state index < -0.39 is 0 Å². The first kappa shape index (κ1) is 8.57. The van der Waals surface area contributed by atoms with Crippen LogP contribution in [-0.2, 0) is 0 Å². The van der Waals surface area contributed by atoms with Crippen molar-refractivity contribution in [1.29, 1.82) is 0 Å². The monoisotopic (exact) mass is 251 g/mol. The van der Waals surface area contributed by atoms with Gasteiger partial charge in [0.05, 0.1) is 0 Å². The second-order valence-corrected chi connectivity index (χ2v) is 5.76. The summed E-state index contributed by atoms with van der Waals surface area (Å²) in [4.78, 5) is 2.41. The zero-order valence-corrected chi connectivity index (χ0v) is 8.80. The average Bonchev–Trinajstić information content (AvgIpc) is 2.04. The first-order chi connectivity index (χ1) is 4.88. The summed E-state index contributed by atoms with van der Waals surface area (Å²) in [5.74, 6) is 0.881. The Morgan fingerprint density at radius 3 is 2.60 bits per heavy atom. The fraction of sp³-hybridized carbons (Fsp3) is 0.778. The maximum absolute atomic E-state index is 3.90. The van der Waals surface area contributed by atoms with E-state index in [1.54, 1.807) is 0 Å². The van der Waals surface area contributed by atoms with Gasteiger partial charge in [-0.05, 0) is 0 Å². The van der Waals surface area contributed by atoms with Crippen LogP contribution in [0.25, 0.3) is 0 Å². The number of halogens is 1. The van der Waals surface area contributed by atoms with Crippen LogP contribution in [0.2, 0.25) is 0 Å². The van der Waals surface area contributed by atoms with Crippen molar-refractivity contribution in [3.05, 3.63) is 12.7 Å². The Balaban J connectivity index is 2.41. The van der Waals surface area contributed by atoms with Gasteiger partial charge in [0.1, 0.15) is 0 Å². The third-order valence-electron chi connectivity index (χ3n) is 2.31. The van der Waals surface area contributed by atoms with E-state index in [2.05, 4.69) is 17.6 Å². The van der Waals surface area contributed by atoms with Crippen LogP contribution in [-0.4, -0.2) is 8.86 Å². The summed E-state index contributed by atoms with van der Waals surface area (Å²) in [6.45, 7) is 3.90. The molecule has 1 aliphatic rings. The standard InChI is InChI=1S/C9H16I/c1-3-8-6-4-5-7-9(8)10-2/h3,8-9H,1,4-7H2,2H3/q-1. The summed E-state index contributed by atoms with van der Waals surface area (Å²) in [5.41, 5.74) is 0. The van der Waals surface area contributed by atoms with E-state index >= 15 is 0 Å². The molecule has 0 saturated heterocycles. The molecule has 1 saturated carbocycles. The van der Waals surface area contributed by atoms with E-state index in [0.717, 1.165) is 9.84 Å². The maximum atomic E-state index is 3.90. The van der Waals surface area contributed by atoms with Gasteiger partial charge < -0.3 is 0 Å². The molecule has 1 fully saturated rings. The van der Waals surface area contributed by atoms with Crippen molar-refractivity contribution in [3.8, 4) is 0 Å². The molecular weight excluding hydrogens is 235 g/mol. The SMILES string of the molecule is C=CC1CCCCC1[I-]C. The number of hydrogen-bond donors (Lipinski definition) is 0. The van der Waals surface area contributed by atoms with Crippen LogP contribution in [0.4, 0.5) is 0 Å². The van der Waals surface area contributed by atoms with Gasteiger partial charge in [-0.2, -0.15) is 0 Å². The summed E-state index contributed by atoms with van der Waals surface area (Å²) in [6.07, 6.45) is 8.01. The number of rotatable bonds is 2. The number of allylic oxidation sites excluding steroid dienone is 1. The van der Waals surface area contributed by atoms with E-state index in [1.165, 1.54) is 25.7 Å². The first-order valence-electron chi connectivity index (χ1n) is 3.99. The summed E-state index contributed by atoms with van der Waals surface area (Å²) in [7, 11) is 0. The Bertz CT molecular complexity index is 109. The zero-order chi connectivity index (χ0) is 7.40. The zero-order valence-electron chi connectivity index (χ0n) is 6.65. The fourth-order valence-electron chi connectivity index (χ4n) is 1.65. The predicted molar refractivity (Wildman–Crippen MR) is 41.9 cm³/mol.